The first kappa shape index (κ1) is 8.87. The lowest BCUT2D eigenvalue weighted by Crippen LogP contribution is -2.32. The number of hydrogen-bond acceptors (Lipinski definition) is 4. The Hall–Kier alpha value is -1.40. The Balaban J connectivity index is 1.89. The summed E-state index contributed by atoms with van der Waals surface area (Å²) < 4.78 is 6.79. The number of rotatable bonds is 1. The molecule has 80 valence electrons. The second kappa shape index (κ2) is 2.80. The Labute approximate surface area is 84.1 Å². The van der Waals surface area contributed by atoms with E-state index in [1.807, 2.05) is 0 Å². The maximum atomic E-state index is 11.4. The third-order valence-electron chi connectivity index (χ3n) is 3.01. The minimum absolute atomic E-state index is 0.131. The molecule has 1 aromatic rings. The van der Waals surface area contributed by atoms with Gasteiger partial charge >= 0.3 is 5.69 Å². The summed E-state index contributed by atoms with van der Waals surface area (Å²) in [7, 11) is 0. The Morgan fingerprint density at radius 2 is 2.33 bits per heavy atom. The lowest BCUT2D eigenvalue weighted by atomic mass is 10.3. The summed E-state index contributed by atoms with van der Waals surface area (Å²) in [6.45, 7) is 0. The molecule has 0 radical (unpaired) electrons. The van der Waals surface area contributed by atoms with E-state index in [1.54, 1.807) is 0 Å². The molecule has 3 rings (SSSR count). The van der Waals surface area contributed by atoms with Crippen LogP contribution >= 0.6 is 0 Å². The first-order chi connectivity index (χ1) is 7.16. The summed E-state index contributed by atoms with van der Waals surface area (Å²) in [4.78, 5) is 24.4. The Bertz CT molecular complexity index is 493. The summed E-state index contributed by atoms with van der Waals surface area (Å²) in [6, 6.07) is 1.28. The van der Waals surface area contributed by atoms with Gasteiger partial charge < -0.3 is 9.84 Å². The number of ether oxygens (including phenoxy) is 1. The number of hydrogen-bond donors (Lipinski definition) is 2. The second-order valence-electron chi connectivity index (χ2n) is 3.96. The molecule has 0 spiro atoms. The van der Waals surface area contributed by atoms with Crippen molar-refractivity contribution in [1.29, 1.82) is 0 Å². The van der Waals surface area contributed by atoms with E-state index < -0.39 is 11.2 Å². The maximum absolute atomic E-state index is 11.4. The van der Waals surface area contributed by atoms with Gasteiger partial charge in [-0.2, -0.15) is 0 Å². The van der Waals surface area contributed by atoms with E-state index in [0.29, 0.717) is 6.42 Å². The Kier molecular flexibility index (Phi) is 1.66. The summed E-state index contributed by atoms with van der Waals surface area (Å²) >= 11 is 0. The molecule has 2 heterocycles. The van der Waals surface area contributed by atoms with Crippen LogP contribution in [-0.4, -0.2) is 26.9 Å². The predicted molar refractivity (Wildman–Crippen MR) is 49.3 cm³/mol. The molecular formula is C9H10N2O4. The molecule has 4 atom stereocenters. The molecule has 0 aromatic carbocycles. The quantitative estimate of drug-likeness (QED) is 0.610. The Morgan fingerprint density at radius 3 is 2.93 bits per heavy atom. The van der Waals surface area contributed by atoms with Gasteiger partial charge in [-0.05, 0) is 0 Å². The maximum Gasteiger partial charge on any atom is 0.330 e. The van der Waals surface area contributed by atoms with Gasteiger partial charge in [0.05, 0.1) is 12.2 Å². The van der Waals surface area contributed by atoms with Crippen LogP contribution in [0.2, 0.25) is 0 Å². The van der Waals surface area contributed by atoms with Crippen molar-refractivity contribution in [3.8, 4) is 0 Å². The molecule has 1 aliphatic heterocycles. The van der Waals surface area contributed by atoms with Crippen molar-refractivity contribution in [3.63, 3.8) is 0 Å². The van der Waals surface area contributed by atoms with Crippen LogP contribution in [0.1, 0.15) is 12.6 Å². The zero-order valence-corrected chi connectivity index (χ0v) is 7.79. The van der Waals surface area contributed by atoms with E-state index in [2.05, 4.69) is 4.98 Å². The van der Waals surface area contributed by atoms with Crippen LogP contribution in [-0.2, 0) is 4.74 Å². The largest absolute Gasteiger partial charge is 0.390 e. The first-order valence-corrected chi connectivity index (χ1v) is 4.82. The molecule has 3 unspecified atom stereocenters. The highest BCUT2D eigenvalue weighted by molar-refractivity contribution is 5.05. The van der Waals surface area contributed by atoms with Crippen molar-refractivity contribution in [2.45, 2.75) is 24.9 Å². The van der Waals surface area contributed by atoms with Crippen molar-refractivity contribution >= 4 is 0 Å². The minimum Gasteiger partial charge on any atom is -0.390 e. The number of nitrogens with zero attached hydrogens (tertiary/aromatic N) is 1. The van der Waals surface area contributed by atoms with Crippen LogP contribution in [0.4, 0.5) is 0 Å². The molecule has 2 N–H and O–H groups in total. The van der Waals surface area contributed by atoms with E-state index in [1.165, 1.54) is 16.8 Å². The van der Waals surface area contributed by atoms with Crippen molar-refractivity contribution in [3.05, 3.63) is 33.1 Å². The molecule has 2 aliphatic rings. The van der Waals surface area contributed by atoms with Crippen molar-refractivity contribution in [1.82, 2.24) is 9.55 Å². The van der Waals surface area contributed by atoms with Crippen molar-refractivity contribution in [2.24, 2.45) is 5.92 Å². The standard InChI is InChI=1S/C9H10N2O4/c12-5-1-2-11(9(14)10-5)6-3-4-7(13)8(4)15-6/h1-2,4,6-8,13H,3H2,(H,10,12,14)/t4?,6?,7?,8-/m0/s1. The van der Waals surface area contributed by atoms with Gasteiger partial charge in [0.1, 0.15) is 6.23 Å². The number of H-pyrrole nitrogens is 1. The van der Waals surface area contributed by atoms with Gasteiger partial charge in [-0.15, -0.1) is 0 Å². The number of aliphatic hydroxyl groups excluding tert-OH is 1. The van der Waals surface area contributed by atoms with Crippen LogP contribution in [0.15, 0.2) is 21.9 Å². The SMILES string of the molecule is O=c1ccn(C2CC3C(O)[C@H]3O2)c(=O)[nH]1. The van der Waals surface area contributed by atoms with Gasteiger partial charge in [0.15, 0.2) is 0 Å². The molecule has 2 fully saturated rings. The third-order valence-corrected chi connectivity index (χ3v) is 3.01. The van der Waals surface area contributed by atoms with Gasteiger partial charge in [-0.3, -0.25) is 14.3 Å². The number of aromatic nitrogens is 2. The molecule has 0 bridgehead atoms. The van der Waals surface area contributed by atoms with Gasteiger partial charge in [0, 0.05) is 24.6 Å². The summed E-state index contributed by atoms with van der Waals surface area (Å²) in [5.41, 5.74) is -0.886. The number of nitrogens with one attached hydrogen (secondary N) is 1. The first-order valence-electron chi connectivity index (χ1n) is 4.82. The number of aromatic amines is 1. The summed E-state index contributed by atoms with van der Waals surface area (Å²) in [6.07, 6.45) is 1.18. The van der Waals surface area contributed by atoms with Crippen LogP contribution in [0, 0.1) is 5.92 Å². The highest BCUT2D eigenvalue weighted by Gasteiger charge is 2.57. The van der Waals surface area contributed by atoms with E-state index >= 15 is 0 Å². The average molecular weight is 210 g/mol. The molecular weight excluding hydrogens is 200 g/mol. The zero-order chi connectivity index (χ0) is 10.6. The molecule has 1 aliphatic carbocycles. The Morgan fingerprint density at radius 1 is 1.53 bits per heavy atom. The summed E-state index contributed by atoms with van der Waals surface area (Å²) in [5.74, 6) is 0.147. The smallest absolute Gasteiger partial charge is 0.330 e. The van der Waals surface area contributed by atoms with Crippen molar-refractivity contribution < 1.29 is 9.84 Å². The third kappa shape index (κ3) is 1.25. The number of fused-ring (bicyclic) bond motifs is 1. The van der Waals surface area contributed by atoms with Crippen LogP contribution < -0.4 is 11.2 Å². The monoisotopic (exact) mass is 210 g/mol. The molecule has 6 heteroatoms. The van der Waals surface area contributed by atoms with E-state index in [4.69, 9.17) is 4.74 Å². The molecule has 1 aromatic heterocycles. The molecule has 1 saturated heterocycles. The van der Waals surface area contributed by atoms with E-state index in [9.17, 15) is 14.7 Å². The molecule has 15 heavy (non-hydrogen) atoms. The zero-order valence-electron chi connectivity index (χ0n) is 7.79. The lowest BCUT2D eigenvalue weighted by Gasteiger charge is -2.15. The van der Waals surface area contributed by atoms with Crippen LogP contribution in [0.5, 0.6) is 0 Å². The predicted octanol–water partition coefficient (Wildman–Crippen LogP) is -1.19. The average Bonchev–Trinajstić information content (AvgIpc) is 2.63. The fraction of sp³-hybridized carbons (Fsp3) is 0.556. The van der Waals surface area contributed by atoms with E-state index in [0.717, 1.165) is 0 Å². The van der Waals surface area contributed by atoms with Gasteiger partial charge in [-0.1, -0.05) is 0 Å². The van der Waals surface area contributed by atoms with Crippen LogP contribution in [0.3, 0.4) is 0 Å². The summed E-state index contributed by atoms with van der Waals surface area (Å²) in [5, 5.41) is 9.25. The van der Waals surface area contributed by atoms with Gasteiger partial charge in [0.2, 0.25) is 0 Å². The topological polar surface area (TPSA) is 84.3 Å². The fourth-order valence-corrected chi connectivity index (χ4v) is 2.08. The number of aliphatic hydroxyl groups is 1. The van der Waals surface area contributed by atoms with Crippen LogP contribution in [0.25, 0.3) is 0 Å². The lowest BCUT2D eigenvalue weighted by molar-refractivity contribution is -0.0114. The molecule has 0 amide bonds. The minimum atomic E-state index is -0.469. The normalized spacial score (nSPS) is 37.7. The van der Waals surface area contributed by atoms with Gasteiger partial charge in [-0.25, -0.2) is 4.79 Å². The second-order valence-corrected chi connectivity index (χ2v) is 3.96. The van der Waals surface area contributed by atoms with E-state index in [-0.39, 0.29) is 24.4 Å². The molecule has 1 saturated carbocycles. The fourth-order valence-electron chi connectivity index (χ4n) is 2.08. The van der Waals surface area contributed by atoms with Gasteiger partial charge in [0.25, 0.3) is 5.56 Å². The highest BCUT2D eigenvalue weighted by atomic mass is 16.5. The molecule has 6 nitrogen and oxygen atoms in total. The highest BCUT2D eigenvalue weighted by Crippen LogP contribution is 2.49. The van der Waals surface area contributed by atoms with Crippen molar-refractivity contribution in [2.75, 3.05) is 0 Å².